The van der Waals surface area contributed by atoms with Crippen LogP contribution in [0, 0.1) is 10.1 Å². The molecule has 33 heavy (non-hydrogen) atoms. The van der Waals surface area contributed by atoms with Crippen molar-refractivity contribution in [2.75, 3.05) is 12.0 Å². The molecule has 166 valence electrons. The number of benzene rings is 2. The lowest BCUT2D eigenvalue weighted by Gasteiger charge is -2.14. The third kappa shape index (κ3) is 4.80. The van der Waals surface area contributed by atoms with Gasteiger partial charge in [-0.25, -0.2) is 4.79 Å². The van der Waals surface area contributed by atoms with E-state index in [2.05, 4.69) is 0 Å². The fourth-order valence-electron chi connectivity index (χ4n) is 2.97. The quantitative estimate of drug-likeness (QED) is 0.113. The van der Waals surface area contributed by atoms with E-state index in [9.17, 15) is 19.7 Å². The van der Waals surface area contributed by atoms with Crippen molar-refractivity contribution in [3.63, 3.8) is 0 Å². The number of non-ortho nitro benzene ring substituents is 1. The van der Waals surface area contributed by atoms with Crippen LogP contribution in [0.25, 0.3) is 6.08 Å². The summed E-state index contributed by atoms with van der Waals surface area (Å²) in [4.78, 5) is 37.7. The van der Waals surface area contributed by atoms with Crippen LogP contribution in [0.2, 0.25) is 0 Å². The van der Waals surface area contributed by atoms with Gasteiger partial charge < -0.3 is 9.47 Å². The second kappa shape index (κ2) is 9.53. The molecule has 0 saturated carbocycles. The molecule has 1 saturated heterocycles. The Balaban J connectivity index is 1.56. The summed E-state index contributed by atoms with van der Waals surface area (Å²) in [6, 6.07) is 13.9. The lowest BCUT2D eigenvalue weighted by atomic mass is 10.1. The first kappa shape index (κ1) is 22.6. The van der Waals surface area contributed by atoms with Gasteiger partial charge in [0.1, 0.15) is 4.88 Å². The average molecular weight is 499 g/mol. The molecule has 1 aliphatic heterocycles. The third-order valence-electron chi connectivity index (χ3n) is 4.52. The van der Waals surface area contributed by atoms with E-state index in [4.69, 9.17) is 21.7 Å². The maximum absolute atomic E-state index is 13.0. The molecule has 0 radical (unpaired) electrons. The highest BCUT2D eigenvalue weighted by atomic mass is 32.2. The predicted octanol–water partition coefficient (Wildman–Crippen LogP) is 5.29. The summed E-state index contributed by atoms with van der Waals surface area (Å²) >= 11 is 7.74. The van der Waals surface area contributed by atoms with Gasteiger partial charge in [-0.1, -0.05) is 36.1 Å². The molecule has 11 heteroatoms. The van der Waals surface area contributed by atoms with E-state index >= 15 is 0 Å². The number of nitro benzene ring substituents is 1. The molecular weight excluding hydrogens is 484 g/mol. The van der Waals surface area contributed by atoms with Crippen LogP contribution in [0.5, 0.6) is 11.5 Å². The summed E-state index contributed by atoms with van der Waals surface area (Å²) in [6.07, 6.45) is 1.65. The Hall–Kier alpha value is -3.54. The van der Waals surface area contributed by atoms with Gasteiger partial charge in [-0.05, 0) is 47.4 Å². The topological polar surface area (TPSA) is 99.0 Å². The monoisotopic (exact) mass is 498 g/mol. The van der Waals surface area contributed by atoms with Crippen LogP contribution < -0.4 is 14.4 Å². The van der Waals surface area contributed by atoms with Crippen molar-refractivity contribution >= 4 is 69.0 Å². The number of amides is 1. The van der Waals surface area contributed by atoms with Crippen molar-refractivity contribution in [1.29, 1.82) is 0 Å². The number of esters is 1. The standard InChI is InChI=1S/C22H14N2O6S3/c1-29-17-11-13(4-9-16(17)30-21(26)18-3-2-10-32-18)12-19-20(25)23(22(31)33-19)14-5-7-15(8-6-14)24(27)28/h2-12H,1H3/b19-12+. The second-order valence-corrected chi connectivity index (χ2v) is 9.19. The highest BCUT2D eigenvalue weighted by Crippen LogP contribution is 2.37. The maximum atomic E-state index is 13.0. The summed E-state index contributed by atoms with van der Waals surface area (Å²) in [7, 11) is 1.45. The van der Waals surface area contributed by atoms with Crippen molar-refractivity contribution in [3.05, 3.63) is 85.4 Å². The van der Waals surface area contributed by atoms with Crippen LogP contribution >= 0.6 is 35.3 Å². The summed E-state index contributed by atoms with van der Waals surface area (Å²) in [5.41, 5.74) is 1.01. The largest absolute Gasteiger partial charge is 0.493 e. The number of methoxy groups -OCH3 is 1. The molecule has 0 aliphatic carbocycles. The number of hydrogen-bond acceptors (Lipinski definition) is 9. The minimum atomic E-state index is -0.511. The van der Waals surface area contributed by atoms with E-state index in [1.54, 1.807) is 41.8 Å². The number of nitro groups is 1. The molecule has 0 atom stereocenters. The van der Waals surface area contributed by atoms with Gasteiger partial charge in [0.2, 0.25) is 0 Å². The zero-order valence-electron chi connectivity index (χ0n) is 16.9. The Bertz CT molecular complexity index is 1290. The van der Waals surface area contributed by atoms with Crippen LogP contribution in [0.4, 0.5) is 11.4 Å². The number of thioether (sulfide) groups is 1. The Labute approximate surface area is 201 Å². The first-order chi connectivity index (χ1) is 15.9. The van der Waals surface area contributed by atoms with E-state index in [-0.39, 0.29) is 17.3 Å². The van der Waals surface area contributed by atoms with Crippen molar-refractivity contribution in [2.45, 2.75) is 0 Å². The van der Waals surface area contributed by atoms with Crippen LogP contribution in [-0.2, 0) is 4.79 Å². The summed E-state index contributed by atoms with van der Waals surface area (Å²) < 4.78 is 11.1. The number of carbonyl (C=O) groups is 2. The molecular formula is C22H14N2O6S3. The Kier molecular flexibility index (Phi) is 6.54. The van der Waals surface area contributed by atoms with Crippen LogP contribution in [-0.4, -0.2) is 28.2 Å². The van der Waals surface area contributed by atoms with Crippen molar-refractivity contribution < 1.29 is 24.0 Å². The van der Waals surface area contributed by atoms with Crippen LogP contribution in [0.15, 0.2) is 64.9 Å². The summed E-state index contributed by atoms with van der Waals surface area (Å²) in [5, 5.41) is 12.6. The van der Waals surface area contributed by atoms with Gasteiger partial charge >= 0.3 is 5.97 Å². The minimum Gasteiger partial charge on any atom is -0.493 e. The van der Waals surface area contributed by atoms with Crippen molar-refractivity contribution in [2.24, 2.45) is 0 Å². The van der Waals surface area contributed by atoms with Gasteiger partial charge in [0.05, 0.1) is 22.6 Å². The Morgan fingerprint density at radius 3 is 2.55 bits per heavy atom. The van der Waals surface area contributed by atoms with Gasteiger partial charge in [0.25, 0.3) is 11.6 Å². The number of hydrogen-bond donors (Lipinski definition) is 0. The molecule has 1 aromatic heterocycles. The summed E-state index contributed by atoms with van der Waals surface area (Å²) in [6.45, 7) is 0. The van der Waals surface area contributed by atoms with Gasteiger partial charge in [-0.3, -0.25) is 19.8 Å². The highest BCUT2D eigenvalue weighted by molar-refractivity contribution is 8.27. The molecule has 1 aliphatic rings. The van der Waals surface area contributed by atoms with Gasteiger partial charge in [0, 0.05) is 12.1 Å². The SMILES string of the molecule is COc1cc(/C=C2/SC(=S)N(c3ccc([N+](=O)[O-])cc3)C2=O)ccc1OC(=O)c1cccs1. The fourth-order valence-corrected chi connectivity index (χ4v) is 4.87. The number of thiocarbonyl (C=S) groups is 1. The Morgan fingerprint density at radius 2 is 1.91 bits per heavy atom. The molecule has 2 heterocycles. The number of rotatable bonds is 6. The van der Waals surface area contributed by atoms with E-state index in [0.717, 1.165) is 11.8 Å². The first-order valence-corrected chi connectivity index (χ1v) is 11.4. The second-order valence-electron chi connectivity index (χ2n) is 6.57. The number of anilines is 1. The van der Waals surface area contributed by atoms with Gasteiger partial charge in [-0.15, -0.1) is 11.3 Å². The van der Waals surface area contributed by atoms with Gasteiger partial charge in [0.15, 0.2) is 15.8 Å². The van der Waals surface area contributed by atoms with E-state index in [0.29, 0.717) is 31.1 Å². The highest BCUT2D eigenvalue weighted by Gasteiger charge is 2.33. The normalized spacial score (nSPS) is 14.6. The number of thiophene rings is 1. The van der Waals surface area contributed by atoms with Gasteiger partial charge in [-0.2, -0.15) is 0 Å². The lowest BCUT2D eigenvalue weighted by molar-refractivity contribution is -0.384. The summed E-state index contributed by atoms with van der Waals surface area (Å²) in [5.74, 6) is -0.239. The smallest absolute Gasteiger partial charge is 0.353 e. The number of carbonyl (C=O) groups excluding carboxylic acids is 2. The predicted molar refractivity (Wildman–Crippen MR) is 131 cm³/mol. The maximum Gasteiger partial charge on any atom is 0.353 e. The number of ether oxygens (including phenoxy) is 2. The van der Waals surface area contributed by atoms with E-state index < -0.39 is 10.9 Å². The fraction of sp³-hybridized carbons (Fsp3) is 0.0455. The molecule has 1 fully saturated rings. The lowest BCUT2D eigenvalue weighted by Crippen LogP contribution is -2.27. The molecule has 3 aromatic rings. The third-order valence-corrected chi connectivity index (χ3v) is 6.67. The number of nitrogens with zero attached hydrogens (tertiary/aromatic N) is 2. The molecule has 0 spiro atoms. The molecule has 8 nitrogen and oxygen atoms in total. The molecule has 0 N–H and O–H groups in total. The molecule has 0 bridgehead atoms. The van der Waals surface area contributed by atoms with Crippen molar-refractivity contribution in [1.82, 2.24) is 0 Å². The van der Waals surface area contributed by atoms with Crippen molar-refractivity contribution in [3.8, 4) is 11.5 Å². The van der Waals surface area contributed by atoms with Crippen LogP contribution in [0.1, 0.15) is 15.2 Å². The van der Waals surface area contributed by atoms with E-state index in [1.165, 1.54) is 47.6 Å². The Morgan fingerprint density at radius 1 is 1.15 bits per heavy atom. The van der Waals surface area contributed by atoms with Crippen LogP contribution in [0.3, 0.4) is 0 Å². The molecule has 1 amide bonds. The molecule has 2 aromatic carbocycles. The first-order valence-electron chi connectivity index (χ1n) is 9.33. The minimum absolute atomic E-state index is 0.0771. The zero-order chi connectivity index (χ0) is 23.5. The average Bonchev–Trinajstić information content (AvgIpc) is 3.43. The van der Waals surface area contributed by atoms with E-state index in [1.807, 2.05) is 0 Å². The molecule has 4 rings (SSSR count). The zero-order valence-corrected chi connectivity index (χ0v) is 19.4. The molecule has 0 unspecified atom stereocenters.